The maximum Gasteiger partial charge on any atom is 0.303 e. The third kappa shape index (κ3) is 2.40. The minimum atomic E-state index is -0.647. The second-order valence-electron chi connectivity index (χ2n) is 8.91. The fraction of sp³-hybridized carbons (Fsp3) is 0.609. The Labute approximate surface area is 150 Å². The van der Waals surface area contributed by atoms with Gasteiger partial charge in [0.1, 0.15) is 0 Å². The van der Waals surface area contributed by atoms with Crippen LogP contribution in [0.2, 0.25) is 0 Å². The molecule has 0 spiro atoms. The van der Waals surface area contributed by atoms with E-state index in [1.807, 2.05) is 0 Å². The van der Waals surface area contributed by atoms with Gasteiger partial charge in [0.25, 0.3) is 0 Å². The summed E-state index contributed by atoms with van der Waals surface area (Å²) in [7, 11) is 0. The van der Waals surface area contributed by atoms with E-state index >= 15 is 0 Å². The minimum absolute atomic E-state index is 0.330. The van der Waals surface area contributed by atoms with Gasteiger partial charge in [0.15, 0.2) is 0 Å². The fourth-order valence-corrected chi connectivity index (χ4v) is 7.38. The van der Waals surface area contributed by atoms with E-state index < -0.39 is 5.97 Å². The molecule has 2 nitrogen and oxygen atoms in total. The standard InChI is InChI=1S/C23H28O2/c24-20(25)9-5-4-8-17-18-13-19(21(17)14-6-2-1-3-7-14)23-16-11-10-15(12-16)22(18)23/h1-3,6-7,10-11,15-19,21-23H,4-5,8-9,12-13H2,(H,24,25). The Hall–Kier alpha value is -1.57. The number of carboxylic acids is 1. The van der Waals surface area contributed by atoms with Crippen LogP contribution in [0.25, 0.3) is 0 Å². The van der Waals surface area contributed by atoms with Crippen molar-refractivity contribution in [1.82, 2.24) is 0 Å². The van der Waals surface area contributed by atoms with Crippen LogP contribution in [0.5, 0.6) is 0 Å². The molecule has 1 N–H and O–H groups in total. The van der Waals surface area contributed by atoms with Crippen molar-refractivity contribution in [3.63, 3.8) is 0 Å². The number of unbranched alkanes of at least 4 members (excludes halogenated alkanes) is 1. The van der Waals surface area contributed by atoms with Crippen LogP contribution in [0, 0.1) is 41.4 Å². The van der Waals surface area contributed by atoms with Crippen LogP contribution in [0.15, 0.2) is 42.5 Å². The molecule has 8 unspecified atom stereocenters. The van der Waals surface area contributed by atoms with Gasteiger partial charge in [-0.2, -0.15) is 0 Å². The van der Waals surface area contributed by atoms with Crippen LogP contribution in [-0.4, -0.2) is 11.1 Å². The Balaban J connectivity index is 1.39. The van der Waals surface area contributed by atoms with Crippen molar-refractivity contribution in [2.24, 2.45) is 41.4 Å². The lowest BCUT2D eigenvalue weighted by Crippen LogP contribution is -2.36. The molecule has 4 aliphatic carbocycles. The predicted molar refractivity (Wildman–Crippen MR) is 98.1 cm³/mol. The third-order valence-electron chi connectivity index (χ3n) is 7.95. The molecule has 3 saturated carbocycles. The summed E-state index contributed by atoms with van der Waals surface area (Å²) in [5.41, 5.74) is 1.54. The second kappa shape index (κ2) is 6.00. The average Bonchev–Trinajstić information content (AvgIpc) is 3.36. The number of aliphatic carboxylic acids is 1. The zero-order valence-electron chi connectivity index (χ0n) is 14.8. The molecule has 4 aliphatic rings. The molecule has 1 aromatic rings. The molecule has 0 aliphatic heterocycles. The monoisotopic (exact) mass is 336 g/mol. The van der Waals surface area contributed by atoms with E-state index in [-0.39, 0.29) is 0 Å². The van der Waals surface area contributed by atoms with Gasteiger partial charge in [0.05, 0.1) is 0 Å². The largest absolute Gasteiger partial charge is 0.481 e. The molecule has 0 aromatic heterocycles. The Morgan fingerprint density at radius 3 is 2.40 bits per heavy atom. The normalized spacial score (nSPS) is 42.9. The lowest BCUT2D eigenvalue weighted by Gasteiger charge is -2.42. The van der Waals surface area contributed by atoms with Gasteiger partial charge < -0.3 is 5.11 Å². The average molecular weight is 336 g/mol. The smallest absolute Gasteiger partial charge is 0.303 e. The summed E-state index contributed by atoms with van der Waals surface area (Å²) in [6, 6.07) is 11.2. The first-order chi connectivity index (χ1) is 12.2. The number of rotatable bonds is 6. The van der Waals surface area contributed by atoms with E-state index in [1.165, 1.54) is 19.3 Å². The predicted octanol–water partition coefficient (Wildman–Crippen LogP) is 5.12. The summed E-state index contributed by atoms with van der Waals surface area (Å²) < 4.78 is 0. The van der Waals surface area contributed by atoms with E-state index in [1.54, 1.807) is 5.56 Å². The SMILES string of the molecule is O=C(O)CCCCC1C2CC(C1c1ccccc1)C1C3C=CC(C3)C21. The van der Waals surface area contributed by atoms with Crippen LogP contribution in [0.4, 0.5) is 0 Å². The van der Waals surface area contributed by atoms with Crippen molar-refractivity contribution in [3.05, 3.63) is 48.0 Å². The van der Waals surface area contributed by atoms with Gasteiger partial charge in [0.2, 0.25) is 0 Å². The zero-order valence-corrected chi connectivity index (χ0v) is 14.8. The highest BCUT2D eigenvalue weighted by Gasteiger charge is 2.64. The van der Waals surface area contributed by atoms with Crippen molar-refractivity contribution in [3.8, 4) is 0 Å². The van der Waals surface area contributed by atoms with E-state index in [4.69, 9.17) is 5.11 Å². The summed E-state index contributed by atoms with van der Waals surface area (Å²) >= 11 is 0. The summed E-state index contributed by atoms with van der Waals surface area (Å²) in [4.78, 5) is 10.8. The van der Waals surface area contributed by atoms with Gasteiger partial charge in [-0.25, -0.2) is 0 Å². The summed E-state index contributed by atoms with van der Waals surface area (Å²) in [6.45, 7) is 0. The zero-order chi connectivity index (χ0) is 17.0. The number of benzene rings is 1. The number of hydrogen-bond acceptors (Lipinski definition) is 1. The number of allylic oxidation sites excluding steroid dienone is 2. The second-order valence-corrected chi connectivity index (χ2v) is 8.91. The first-order valence-corrected chi connectivity index (χ1v) is 10.2. The molecule has 5 rings (SSSR count). The highest BCUT2D eigenvalue weighted by Crippen LogP contribution is 2.71. The molecule has 0 heterocycles. The van der Waals surface area contributed by atoms with Gasteiger partial charge in [-0.15, -0.1) is 0 Å². The van der Waals surface area contributed by atoms with E-state index in [0.29, 0.717) is 12.3 Å². The van der Waals surface area contributed by atoms with Crippen LogP contribution >= 0.6 is 0 Å². The van der Waals surface area contributed by atoms with E-state index in [2.05, 4.69) is 42.5 Å². The molecule has 0 saturated heterocycles. The van der Waals surface area contributed by atoms with Crippen LogP contribution < -0.4 is 0 Å². The van der Waals surface area contributed by atoms with Crippen LogP contribution in [0.3, 0.4) is 0 Å². The fourth-order valence-electron chi connectivity index (χ4n) is 7.38. The van der Waals surface area contributed by atoms with E-state index in [0.717, 1.165) is 54.3 Å². The van der Waals surface area contributed by atoms with Gasteiger partial charge in [-0.05, 0) is 78.6 Å². The summed E-state index contributed by atoms with van der Waals surface area (Å²) in [5, 5.41) is 8.93. The lowest BCUT2D eigenvalue weighted by molar-refractivity contribution is -0.137. The Morgan fingerprint density at radius 2 is 1.68 bits per heavy atom. The van der Waals surface area contributed by atoms with Crippen LogP contribution in [-0.2, 0) is 4.79 Å². The number of hydrogen-bond donors (Lipinski definition) is 1. The lowest BCUT2D eigenvalue weighted by atomic mass is 9.62. The van der Waals surface area contributed by atoms with Crippen molar-refractivity contribution < 1.29 is 9.90 Å². The highest BCUT2D eigenvalue weighted by molar-refractivity contribution is 5.66. The van der Waals surface area contributed by atoms with Gasteiger partial charge in [0, 0.05) is 6.42 Å². The number of carboxylic acid groups (broad SMARTS) is 1. The molecule has 1 aromatic carbocycles. The van der Waals surface area contributed by atoms with Crippen molar-refractivity contribution in [1.29, 1.82) is 0 Å². The van der Waals surface area contributed by atoms with Crippen molar-refractivity contribution >= 4 is 5.97 Å². The highest BCUT2D eigenvalue weighted by atomic mass is 16.4. The maximum atomic E-state index is 10.8. The van der Waals surface area contributed by atoms with E-state index in [9.17, 15) is 4.79 Å². The maximum absolute atomic E-state index is 10.8. The molecular weight excluding hydrogens is 308 g/mol. The summed E-state index contributed by atoms with van der Waals surface area (Å²) in [6.07, 6.45) is 11.3. The molecular formula is C23H28O2. The minimum Gasteiger partial charge on any atom is -0.481 e. The molecule has 0 amide bonds. The topological polar surface area (TPSA) is 37.3 Å². The summed E-state index contributed by atoms with van der Waals surface area (Å²) in [5.74, 6) is 6.15. The molecule has 25 heavy (non-hydrogen) atoms. The van der Waals surface area contributed by atoms with Gasteiger partial charge in [-0.3, -0.25) is 4.79 Å². The Morgan fingerprint density at radius 1 is 0.960 bits per heavy atom. The molecule has 4 bridgehead atoms. The van der Waals surface area contributed by atoms with Gasteiger partial charge in [-0.1, -0.05) is 48.9 Å². The molecule has 3 fully saturated rings. The molecule has 0 radical (unpaired) electrons. The van der Waals surface area contributed by atoms with Crippen molar-refractivity contribution in [2.75, 3.05) is 0 Å². The number of fused-ring (bicyclic) bond motifs is 9. The van der Waals surface area contributed by atoms with Crippen molar-refractivity contribution in [2.45, 2.75) is 44.4 Å². The van der Waals surface area contributed by atoms with Crippen LogP contribution in [0.1, 0.15) is 50.0 Å². The molecule has 132 valence electrons. The van der Waals surface area contributed by atoms with Gasteiger partial charge >= 0.3 is 5.97 Å². The number of carbonyl (C=O) groups is 1. The molecule has 8 atom stereocenters. The first-order valence-electron chi connectivity index (χ1n) is 10.2. The third-order valence-corrected chi connectivity index (χ3v) is 7.95. The molecule has 2 heteroatoms. The Kier molecular flexibility index (Phi) is 3.76. The first kappa shape index (κ1) is 15.7. The Bertz CT molecular complexity index is 679. The quantitative estimate of drug-likeness (QED) is 0.445.